The maximum absolute atomic E-state index is 12.0. The Kier molecular flexibility index (Phi) is 4.40. The molecule has 0 radical (unpaired) electrons. The summed E-state index contributed by atoms with van der Waals surface area (Å²) < 4.78 is 0. The maximum Gasteiger partial charge on any atom is 0.366 e. The molecule has 0 bridgehead atoms. The van der Waals surface area contributed by atoms with Crippen molar-refractivity contribution in [2.75, 3.05) is 0 Å². The van der Waals surface area contributed by atoms with Gasteiger partial charge < -0.3 is 4.84 Å². The molecule has 0 saturated carbocycles. The zero-order chi connectivity index (χ0) is 16.3. The van der Waals surface area contributed by atoms with Crippen LogP contribution in [0.1, 0.15) is 36.7 Å². The minimum Gasteiger partial charge on any atom is -0.312 e. The molecular formula is C18H19NO3. The van der Waals surface area contributed by atoms with Crippen molar-refractivity contribution in [3.05, 3.63) is 59.2 Å². The zero-order valence-corrected chi connectivity index (χ0v) is 13.2. The van der Waals surface area contributed by atoms with Crippen LogP contribution in [-0.2, 0) is 9.63 Å². The van der Waals surface area contributed by atoms with E-state index < -0.39 is 5.97 Å². The first-order valence-corrected chi connectivity index (χ1v) is 7.08. The van der Waals surface area contributed by atoms with E-state index in [0.717, 1.165) is 5.56 Å². The number of ketones is 1. The lowest BCUT2D eigenvalue weighted by molar-refractivity contribution is -0.112. The average Bonchev–Trinajstić information content (AvgIpc) is 2.45. The Balaban J connectivity index is 2.19. The van der Waals surface area contributed by atoms with Crippen molar-refractivity contribution in [2.24, 2.45) is 10.6 Å². The van der Waals surface area contributed by atoms with E-state index in [1.807, 2.05) is 39.8 Å². The molecule has 1 aromatic rings. The molecule has 22 heavy (non-hydrogen) atoms. The van der Waals surface area contributed by atoms with E-state index >= 15 is 0 Å². The minimum atomic E-state index is -0.512. The van der Waals surface area contributed by atoms with Crippen LogP contribution in [0, 0.1) is 12.3 Å². The van der Waals surface area contributed by atoms with Gasteiger partial charge in [-0.25, -0.2) is 4.79 Å². The lowest BCUT2D eigenvalue weighted by atomic mass is 9.81. The number of carbonyl (C=O) groups excluding carboxylic acids is 2. The Morgan fingerprint density at radius 2 is 1.82 bits per heavy atom. The first kappa shape index (κ1) is 15.9. The van der Waals surface area contributed by atoms with Gasteiger partial charge in [0, 0.05) is 5.57 Å². The molecule has 114 valence electrons. The number of nitrogens with zero attached hydrogens (tertiary/aromatic N) is 1. The highest BCUT2D eigenvalue weighted by Crippen LogP contribution is 2.28. The zero-order valence-electron chi connectivity index (χ0n) is 13.2. The number of allylic oxidation sites excluding steroid dienone is 4. The van der Waals surface area contributed by atoms with Crippen LogP contribution < -0.4 is 0 Å². The molecule has 2 rings (SSSR count). The summed E-state index contributed by atoms with van der Waals surface area (Å²) in [7, 11) is 0. The van der Waals surface area contributed by atoms with Gasteiger partial charge in [0.05, 0.1) is 5.56 Å². The van der Waals surface area contributed by atoms with Crippen LogP contribution in [0.25, 0.3) is 0 Å². The summed E-state index contributed by atoms with van der Waals surface area (Å²) in [6, 6.07) is 7.15. The number of hydrogen-bond donors (Lipinski definition) is 0. The monoisotopic (exact) mass is 297 g/mol. The van der Waals surface area contributed by atoms with Crippen molar-refractivity contribution < 1.29 is 14.4 Å². The van der Waals surface area contributed by atoms with E-state index in [1.165, 1.54) is 6.08 Å². The highest BCUT2D eigenvalue weighted by molar-refractivity contribution is 6.19. The molecule has 0 heterocycles. The number of aryl methyl sites for hydroxylation is 1. The summed E-state index contributed by atoms with van der Waals surface area (Å²) in [5.41, 5.74) is 2.10. The molecule has 0 spiro atoms. The van der Waals surface area contributed by atoms with E-state index in [2.05, 4.69) is 5.16 Å². The summed E-state index contributed by atoms with van der Waals surface area (Å²) in [4.78, 5) is 28.9. The molecule has 0 saturated heterocycles. The molecule has 0 aliphatic heterocycles. The predicted octanol–water partition coefficient (Wildman–Crippen LogP) is 3.62. The second-order valence-electron chi connectivity index (χ2n) is 6.22. The normalized spacial score (nSPS) is 16.6. The number of carbonyl (C=O) groups is 2. The van der Waals surface area contributed by atoms with Gasteiger partial charge in [0.2, 0.25) is 0 Å². The predicted molar refractivity (Wildman–Crippen MR) is 85.7 cm³/mol. The third-order valence-electron chi connectivity index (χ3n) is 3.37. The standard InChI is InChI=1S/C18H19NO3/c1-12-7-5-6-8-14(12)17(21)22-19-13-9-10-16(20)15(11-13)18(2,3)4/h5-11H,1-4H3. The van der Waals surface area contributed by atoms with Crippen LogP contribution in [0.15, 0.2) is 53.2 Å². The molecule has 0 aromatic heterocycles. The van der Waals surface area contributed by atoms with Crippen molar-refractivity contribution in [3.8, 4) is 0 Å². The van der Waals surface area contributed by atoms with Crippen LogP contribution in [0.2, 0.25) is 0 Å². The van der Waals surface area contributed by atoms with Crippen molar-refractivity contribution in [1.82, 2.24) is 0 Å². The first-order chi connectivity index (χ1) is 10.3. The minimum absolute atomic E-state index is 0.0447. The second kappa shape index (κ2) is 6.10. The molecule has 1 aliphatic rings. The van der Waals surface area contributed by atoms with Gasteiger partial charge in [-0.15, -0.1) is 0 Å². The molecule has 4 nitrogen and oxygen atoms in total. The third kappa shape index (κ3) is 3.58. The number of benzene rings is 1. The highest BCUT2D eigenvalue weighted by atomic mass is 16.7. The van der Waals surface area contributed by atoms with E-state index in [9.17, 15) is 9.59 Å². The van der Waals surface area contributed by atoms with Crippen molar-refractivity contribution in [3.63, 3.8) is 0 Å². The Hall–Kier alpha value is -2.49. The summed E-state index contributed by atoms with van der Waals surface area (Å²) in [5.74, 6) is -0.557. The average molecular weight is 297 g/mol. The van der Waals surface area contributed by atoms with Gasteiger partial charge in [-0.05, 0) is 42.2 Å². The topological polar surface area (TPSA) is 55.7 Å². The van der Waals surface area contributed by atoms with Gasteiger partial charge in [-0.1, -0.05) is 44.1 Å². The van der Waals surface area contributed by atoms with Crippen LogP contribution >= 0.6 is 0 Å². The van der Waals surface area contributed by atoms with Gasteiger partial charge in [-0.2, -0.15) is 0 Å². The number of rotatable bonds is 2. The van der Waals surface area contributed by atoms with E-state index in [4.69, 9.17) is 4.84 Å². The fourth-order valence-corrected chi connectivity index (χ4v) is 2.11. The quantitative estimate of drug-likeness (QED) is 0.476. The van der Waals surface area contributed by atoms with Gasteiger partial charge in [0.1, 0.15) is 5.71 Å². The Labute approximate surface area is 130 Å². The SMILES string of the molecule is Cc1ccccc1C(=O)ON=C1C=CC(=O)C(C(C)(C)C)=C1. The van der Waals surface area contributed by atoms with Gasteiger partial charge in [0.15, 0.2) is 5.78 Å². The van der Waals surface area contributed by atoms with E-state index in [0.29, 0.717) is 16.8 Å². The maximum atomic E-state index is 12.0. The summed E-state index contributed by atoms with van der Waals surface area (Å²) in [6.45, 7) is 7.69. The van der Waals surface area contributed by atoms with Crippen molar-refractivity contribution >= 4 is 17.5 Å². The summed E-state index contributed by atoms with van der Waals surface area (Å²) in [5, 5.41) is 3.85. The van der Waals surface area contributed by atoms with Gasteiger partial charge >= 0.3 is 5.97 Å². The highest BCUT2D eigenvalue weighted by Gasteiger charge is 2.24. The fourth-order valence-electron chi connectivity index (χ4n) is 2.11. The first-order valence-electron chi connectivity index (χ1n) is 7.08. The molecular weight excluding hydrogens is 278 g/mol. The van der Waals surface area contributed by atoms with Crippen LogP contribution in [0.3, 0.4) is 0 Å². The lowest BCUT2D eigenvalue weighted by Crippen LogP contribution is -2.20. The molecule has 0 amide bonds. The lowest BCUT2D eigenvalue weighted by Gasteiger charge is -2.22. The number of hydrogen-bond acceptors (Lipinski definition) is 4. The third-order valence-corrected chi connectivity index (χ3v) is 3.37. The summed E-state index contributed by atoms with van der Waals surface area (Å²) in [6.07, 6.45) is 4.65. The summed E-state index contributed by atoms with van der Waals surface area (Å²) >= 11 is 0. The van der Waals surface area contributed by atoms with Crippen LogP contribution in [0.5, 0.6) is 0 Å². The van der Waals surface area contributed by atoms with Gasteiger partial charge in [0.25, 0.3) is 0 Å². The van der Waals surface area contributed by atoms with Crippen LogP contribution in [0.4, 0.5) is 0 Å². The molecule has 0 N–H and O–H groups in total. The molecule has 4 heteroatoms. The van der Waals surface area contributed by atoms with Gasteiger partial charge in [-0.3, -0.25) is 4.79 Å². The largest absolute Gasteiger partial charge is 0.366 e. The Morgan fingerprint density at radius 3 is 2.45 bits per heavy atom. The molecule has 0 atom stereocenters. The smallest absolute Gasteiger partial charge is 0.312 e. The Bertz CT molecular complexity index is 703. The van der Waals surface area contributed by atoms with Crippen LogP contribution in [-0.4, -0.2) is 17.5 Å². The van der Waals surface area contributed by atoms with Crippen molar-refractivity contribution in [1.29, 1.82) is 0 Å². The van der Waals surface area contributed by atoms with E-state index in [-0.39, 0.29) is 11.2 Å². The van der Waals surface area contributed by atoms with Crippen molar-refractivity contribution in [2.45, 2.75) is 27.7 Å². The van der Waals surface area contributed by atoms with E-state index in [1.54, 1.807) is 24.3 Å². The molecule has 1 aliphatic carbocycles. The second-order valence-corrected chi connectivity index (χ2v) is 6.22. The molecule has 0 unspecified atom stereocenters. The molecule has 0 fully saturated rings. The number of oxime groups is 1. The fraction of sp³-hybridized carbons (Fsp3) is 0.278. The Morgan fingerprint density at radius 1 is 1.14 bits per heavy atom. The molecule has 1 aromatic carbocycles.